The van der Waals surface area contributed by atoms with E-state index >= 15 is 0 Å². The molecule has 1 aliphatic carbocycles. The van der Waals surface area contributed by atoms with Gasteiger partial charge in [0, 0.05) is 30.6 Å². The van der Waals surface area contributed by atoms with Gasteiger partial charge in [-0.3, -0.25) is 4.79 Å². The minimum atomic E-state index is -4.24. The molecule has 2 aliphatic heterocycles. The van der Waals surface area contributed by atoms with Gasteiger partial charge in [-0.2, -0.15) is 13.2 Å². The van der Waals surface area contributed by atoms with Crippen LogP contribution in [0.1, 0.15) is 43.4 Å². The Morgan fingerprint density at radius 2 is 2.13 bits per heavy atom. The molecule has 2 aromatic heterocycles. The fraction of sp³-hybridized carbons (Fsp3) is 0.667. The Bertz CT molecular complexity index is 974. The van der Waals surface area contributed by atoms with Crippen molar-refractivity contribution in [1.29, 1.82) is 0 Å². The molecular formula is C21H26F3N5OS. The highest BCUT2D eigenvalue weighted by molar-refractivity contribution is 7.18. The first-order chi connectivity index (χ1) is 14.8. The Labute approximate surface area is 182 Å². The number of amides is 1. The molecule has 2 saturated heterocycles. The zero-order valence-electron chi connectivity index (χ0n) is 17.2. The minimum Gasteiger partial charge on any atom is -0.356 e. The number of hydrogen-bond acceptors (Lipinski definition) is 6. The molecule has 0 radical (unpaired) electrons. The van der Waals surface area contributed by atoms with Crippen molar-refractivity contribution in [3.05, 3.63) is 17.3 Å². The second kappa shape index (κ2) is 7.88. The van der Waals surface area contributed by atoms with Crippen LogP contribution in [0.5, 0.6) is 0 Å². The molecule has 4 heterocycles. The lowest BCUT2D eigenvalue weighted by Crippen LogP contribution is -2.45. The average molecular weight is 454 g/mol. The van der Waals surface area contributed by atoms with Crippen molar-refractivity contribution in [2.45, 2.75) is 63.2 Å². The van der Waals surface area contributed by atoms with Crippen LogP contribution in [-0.4, -0.2) is 53.8 Å². The third kappa shape index (κ3) is 4.64. The first-order valence-electron chi connectivity index (χ1n) is 10.9. The highest BCUT2D eigenvalue weighted by Gasteiger charge is 2.50. The molecule has 2 atom stereocenters. The van der Waals surface area contributed by atoms with Gasteiger partial charge in [-0.15, -0.1) is 11.3 Å². The summed E-state index contributed by atoms with van der Waals surface area (Å²) in [6.45, 7) is 2.40. The maximum absolute atomic E-state index is 12.8. The maximum Gasteiger partial charge on any atom is 0.393 e. The van der Waals surface area contributed by atoms with Crippen molar-refractivity contribution in [1.82, 2.24) is 20.6 Å². The lowest BCUT2D eigenvalue weighted by molar-refractivity contribution is -0.126. The summed E-state index contributed by atoms with van der Waals surface area (Å²) in [5.41, 5.74) is 0.381. The molecule has 6 nitrogen and oxygen atoms in total. The number of rotatable bonds is 4. The second-order valence-electron chi connectivity index (χ2n) is 9.18. The number of hydrogen-bond donors (Lipinski definition) is 2. The molecule has 0 aromatic carbocycles. The maximum atomic E-state index is 12.8. The fourth-order valence-electron chi connectivity index (χ4n) is 4.84. The number of aromatic nitrogens is 2. The van der Waals surface area contributed by atoms with Gasteiger partial charge in [0.05, 0.1) is 17.8 Å². The summed E-state index contributed by atoms with van der Waals surface area (Å²) in [6.07, 6.45) is 2.19. The van der Waals surface area contributed by atoms with Crippen molar-refractivity contribution >= 4 is 33.3 Å². The normalized spacial score (nSPS) is 25.7. The van der Waals surface area contributed by atoms with Crippen LogP contribution in [0.25, 0.3) is 10.2 Å². The third-order valence-corrected chi connectivity index (χ3v) is 7.79. The van der Waals surface area contributed by atoms with Crippen LogP contribution < -0.4 is 15.5 Å². The van der Waals surface area contributed by atoms with Crippen LogP contribution in [0, 0.1) is 5.41 Å². The zero-order chi connectivity index (χ0) is 21.6. The highest BCUT2D eigenvalue weighted by atomic mass is 32.1. The number of alkyl halides is 3. The van der Waals surface area contributed by atoms with E-state index in [0.717, 1.165) is 50.1 Å². The number of nitrogens with one attached hydrogen (secondary N) is 2. The topological polar surface area (TPSA) is 70.2 Å². The smallest absolute Gasteiger partial charge is 0.356 e. The van der Waals surface area contributed by atoms with Gasteiger partial charge in [0.15, 0.2) is 0 Å². The molecule has 5 rings (SSSR count). The van der Waals surface area contributed by atoms with E-state index in [4.69, 9.17) is 0 Å². The Kier molecular flexibility index (Phi) is 5.32. The molecule has 2 unspecified atom stereocenters. The average Bonchev–Trinajstić information content (AvgIpc) is 3.22. The van der Waals surface area contributed by atoms with Crippen molar-refractivity contribution in [3.8, 4) is 0 Å². The molecule has 1 saturated carbocycles. The number of carbonyl (C=O) groups excluding carboxylic acids is 1. The predicted molar refractivity (Wildman–Crippen MR) is 113 cm³/mol. The van der Waals surface area contributed by atoms with Gasteiger partial charge < -0.3 is 15.5 Å². The van der Waals surface area contributed by atoms with Crippen molar-refractivity contribution in [3.63, 3.8) is 0 Å². The predicted octanol–water partition coefficient (Wildman–Crippen LogP) is 3.41. The van der Waals surface area contributed by atoms with Gasteiger partial charge in [0.25, 0.3) is 0 Å². The van der Waals surface area contributed by atoms with Crippen LogP contribution in [-0.2, 0) is 11.2 Å². The summed E-state index contributed by atoms with van der Waals surface area (Å²) in [7, 11) is 0. The van der Waals surface area contributed by atoms with E-state index in [-0.39, 0.29) is 22.9 Å². The SMILES string of the molecule is O=C(NC1CCCN(c2ncnc3sc(CC(F)(F)F)cc23)CC1)C1CC2(CC2)CN1. The highest BCUT2D eigenvalue weighted by Crippen LogP contribution is 2.51. The van der Waals surface area contributed by atoms with Gasteiger partial charge in [-0.1, -0.05) is 0 Å². The molecular weight excluding hydrogens is 427 g/mol. The summed E-state index contributed by atoms with van der Waals surface area (Å²) in [5, 5.41) is 7.27. The quantitative estimate of drug-likeness (QED) is 0.743. The van der Waals surface area contributed by atoms with E-state index in [1.54, 1.807) is 6.07 Å². The van der Waals surface area contributed by atoms with Gasteiger partial charge in [-0.25, -0.2) is 9.97 Å². The van der Waals surface area contributed by atoms with Crippen LogP contribution in [0.3, 0.4) is 0 Å². The van der Waals surface area contributed by atoms with E-state index in [2.05, 4.69) is 25.5 Å². The number of halogens is 3. The zero-order valence-corrected chi connectivity index (χ0v) is 18.0. The first-order valence-corrected chi connectivity index (χ1v) is 11.7. The summed E-state index contributed by atoms with van der Waals surface area (Å²) in [6, 6.07) is 1.60. The van der Waals surface area contributed by atoms with Crippen LogP contribution >= 0.6 is 11.3 Å². The fourth-order valence-corrected chi connectivity index (χ4v) is 5.87. The summed E-state index contributed by atoms with van der Waals surface area (Å²) >= 11 is 1.07. The van der Waals surface area contributed by atoms with E-state index in [9.17, 15) is 18.0 Å². The van der Waals surface area contributed by atoms with Crippen molar-refractivity contribution in [2.75, 3.05) is 24.5 Å². The molecule has 3 aliphatic rings. The number of nitrogens with zero attached hydrogens (tertiary/aromatic N) is 3. The molecule has 2 N–H and O–H groups in total. The lowest BCUT2D eigenvalue weighted by Gasteiger charge is -2.23. The van der Waals surface area contributed by atoms with E-state index in [1.165, 1.54) is 19.2 Å². The van der Waals surface area contributed by atoms with Gasteiger partial charge in [0.1, 0.15) is 17.0 Å². The first kappa shape index (κ1) is 20.9. The van der Waals surface area contributed by atoms with E-state index < -0.39 is 12.6 Å². The minimum absolute atomic E-state index is 0.0822. The molecule has 168 valence electrons. The summed E-state index contributed by atoms with van der Waals surface area (Å²) in [5.74, 6) is 0.788. The lowest BCUT2D eigenvalue weighted by atomic mass is 10.0. The largest absolute Gasteiger partial charge is 0.393 e. The molecule has 1 amide bonds. The van der Waals surface area contributed by atoms with Crippen molar-refractivity contribution in [2.24, 2.45) is 5.41 Å². The summed E-state index contributed by atoms with van der Waals surface area (Å²) in [4.78, 5) is 24.2. The Balaban J connectivity index is 1.24. The number of fused-ring (bicyclic) bond motifs is 1. The number of anilines is 1. The third-order valence-electron chi connectivity index (χ3n) is 6.74. The van der Waals surface area contributed by atoms with Crippen molar-refractivity contribution < 1.29 is 18.0 Å². The molecule has 2 aromatic rings. The van der Waals surface area contributed by atoms with Crippen LogP contribution in [0.15, 0.2) is 12.4 Å². The molecule has 10 heteroatoms. The number of carbonyl (C=O) groups is 1. The van der Waals surface area contributed by atoms with Gasteiger partial charge in [-0.05, 0) is 50.0 Å². The summed E-state index contributed by atoms with van der Waals surface area (Å²) < 4.78 is 38.4. The molecule has 3 fully saturated rings. The van der Waals surface area contributed by atoms with E-state index in [0.29, 0.717) is 28.0 Å². The van der Waals surface area contributed by atoms with Crippen LogP contribution in [0.4, 0.5) is 19.0 Å². The Morgan fingerprint density at radius 1 is 1.29 bits per heavy atom. The molecule has 31 heavy (non-hydrogen) atoms. The second-order valence-corrected chi connectivity index (χ2v) is 10.3. The molecule has 0 bridgehead atoms. The molecule has 1 spiro atoms. The van der Waals surface area contributed by atoms with Gasteiger partial charge >= 0.3 is 6.18 Å². The Morgan fingerprint density at radius 3 is 2.87 bits per heavy atom. The van der Waals surface area contributed by atoms with Gasteiger partial charge in [0.2, 0.25) is 5.91 Å². The monoisotopic (exact) mass is 453 g/mol. The van der Waals surface area contributed by atoms with E-state index in [1.807, 2.05) is 0 Å². The Hall–Kier alpha value is -1.94. The van der Waals surface area contributed by atoms with Crippen LogP contribution in [0.2, 0.25) is 0 Å². The number of thiophene rings is 1. The standard InChI is InChI=1S/C21H26F3N5OS/c22-21(23,24)9-14-8-15-17(26-12-27-19(15)31-14)29-6-1-2-13(3-7-29)28-18(30)16-10-20(4-5-20)11-25-16/h8,12-13,16,25H,1-7,9-11H2,(H,28,30).